The van der Waals surface area contributed by atoms with Crippen molar-refractivity contribution in [1.82, 2.24) is 5.32 Å². The molecule has 0 bridgehead atoms. The van der Waals surface area contributed by atoms with Gasteiger partial charge < -0.3 is 16.2 Å². The number of rotatable bonds is 4. The largest absolute Gasteiger partial charge is 0.387 e. The maximum atomic E-state index is 11.5. The molecular formula is C12H18N2O2. The number of aliphatic hydroxyl groups excluding tert-OH is 1. The summed E-state index contributed by atoms with van der Waals surface area (Å²) in [7, 11) is 0. The van der Waals surface area contributed by atoms with E-state index in [0.29, 0.717) is 0 Å². The minimum Gasteiger partial charge on any atom is -0.387 e. The second-order valence-electron chi connectivity index (χ2n) is 4.36. The van der Waals surface area contributed by atoms with Crippen molar-refractivity contribution in [2.75, 3.05) is 6.54 Å². The molecule has 0 aliphatic heterocycles. The van der Waals surface area contributed by atoms with E-state index in [1.807, 2.05) is 30.3 Å². The molecule has 1 aromatic rings. The van der Waals surface area contributed by atoms with E-state index in [2.05, 4.69) is 5.32 Å². The van der Waals surface area contributed by atoms with Crippen molar-refractivity contribution >= 4 is 5.91 Å². The van der Waals surface area contributed by atoms with E-state index in [4.69, 9.17) is 5.73 Å². The number of aliphatic hydroxyl groups is 1. The summed E-state index contributed by atoms with van der Waals surface area (Å²) in [5.74, 6) is -0.275. The van der Waals surface area contributed by atoms with Crippen LogP contribution in [0.5, 0.6) is 0 Å². The van der Waals surface area contributed by atoms with E-state index >= 15 is 0 Å². The smallest absolute Gasteiger partial charge is 0.239 e. The van der Waals surface area contributed by atoms with E-state index in [1.54, 1.807) is 13.8 Å². The fourth-order valence-electron chi connectivity index (χ4n) is 1.21. The molecule has 4 N–H and O–H groups in total. The highest BCUT2D eigenvalue weighted by molar-refractivity contribution is 5.85. The summed E-state index contributed by atoms with van der Waals surface area (Å²) in [6, 6.07) is 9.17. The van der Waals surface area contributed by atoms with E-state index in [-0.39, 0.29) is 12.5 Å². The van der Waals surface area contributed by atoms with Crippen LogP contribution in [0.3, 0.4) is 0 Å². The third-order valence-electron chi connectivity index (χ3n) is 2.23. The molecule has 0 saturated carbocycles. The number of nitrogens with two attached hydrogens (primary N) is 1. The molecule has 4 nitrogen and oxygen atoms in total. The van der Waals surface area contributed by atoms with E-state index in [0.717, 1.165) is 5.56 Å². The number of carbonyl (C=O) groups excluding carboxylic acids is 1. The standard InChI is InChI=1S/C12H18N2O2/c1-12(2,13)11(16)14-8-10(15)9-6-4-3-5-7-9/h3-7,10,15H,8,13H2,1-2H3,(H,14,16). The molecule has 1 amide bonds. The van der Waals surface area contributed by atoms with Crippen LogP contribution < -0.4 is 11.1 Å². The maximum Gasteiger partial charge on any atom is 0.239 e. The first-order valence-electron chi connectivity index (χ1n) is 5.21. The van der Waals surface area contributed by atoms with Crippen LogP contribution in [0.25, 0.3) is 0 Å². The number of hydrogen-bond donors (Lipinski definition) is 3. The lowest BCUT2D eigenvalue weighted by Crippen LogP contribution is -2.49. The average Bonchev–Trinajstić information content (AvgIpc) is 2.25. The summed E-state index contributed by atoms with van der Waals surface area (Å²) in [5.41, 5.74) is 5.47. The molecule has 4 heteroatoms. The highest BCUT2D eigenvalue weighted by atomic mass is 16.3. The zero-order chi connectivity index (χ0) is 12.2. The number of benzene rings is 1. The second kappa shape index (κ2) is 5.09. The third kappa shape index (κ3) is 3.64. The molecule has 1 unspecified atom stereocenters. The van der Waals surface area contributed by atoms with Gasteiger partial charge in [-0.25, -0.2) is 0 Å². The van der Waals surface area contributed by atoms with Crippen LogP contribution in [-0.2, 0) is 4.79 Å². The van der Waals surface area contributed by atoms with Gasteiger partial charge in [0, 0.05) is 6.54 Å². The zero-order valence-corrected chi connectivity index (χ0v) is 9.60. The first-order valence-corrected chi connectivity index (χ1v) is 5.21. The van der Waals surface area contributed by atoms with Gasteiger partial charge in [-0.1, -0.05) is 30.3 Å². The Labute approximate surface area is 95.5 Å². The third-order valence-corrected chi connectivity index (χ3v) is 2.23. The van der Waals surface area contributed by atoms with Gasteiger partial charge in [0.05, 0.1) is 11.6 Å². The van der Waals surface area contributed by atoms with Gasteiger partial charge >= 0.3 is 0 Å². The number of hydrogen-bond acceptors (Lipinski definition) is 3. The van der Waals surface area contributed by atoms with Crippen LogP contribution in [0.2, 0.25) is 0 Å². The molecule has 1 rings (SSSR count). The fraction of sp³-hybridized carbons (Fsp3) is 0.417. The van der Waals surface area contributed by atoms with Crippen molar-refractivity contribution in [3.63, 3.8) is 0 Å². The summed E-state index contributed by atoms with van der Waals surface area (Å²) in [6.07, 6.45) is -0.701. The van der Waals surface area contributed by atoms with Crippen molar-refractivity contribution in [3.05, 3.63) is 35.9 Å². The van der Waals surface area contributed by atoms with E-state index in [1.165, 1.54) is 0 Å². The molecule has 0 aliphatic carbocycles. The van der Waals surface area contributed by atoms with Crippen LogP contribution in [0.1, 0.15) is 25.5 Å². The van der Waals surface area contributed by atoms with Gasteiger partial charge in [0.25, 0.3) is 0 Å². The monoisotopic (exact) mass is 222 g/mol. The molecule has 88 valence electrons. The molecule has 0 fully saturated rings. The van der Waals surface area contributed by atoms with Gasteiger partial charge in [-0.05, 0) is 19.4 Å². The van der Waals surface area contributed by atoms with Crippen LogP contribution in [-0.4, -0.2) is 23.1 Å². The quantitative estimate of drug-likeness (QED) is 0.697. The van der Waals surface area contributed by atoms with Crippen molar-refractivity contribution in [2.45, 2.75) is 25.5 Å². The van der Waals surface area contributed by atoms with Gasteiger partial charge in [-0.2, -0.15) is 0 Å². The lowest BCUT2D eigenvalue weighted by molar-refractivity contribution is -0.125. The maximum absolute atomic E-state index is 11.5. The highest BCUT2D eigenvalue weighted by Gasteiger charge is 2.22. The Morgan fingerprint density at radius 1 is 1.44 bits per heavy atom. The summed E-state index contributed by atoms with van der Waals surface area (Å²) in [6.45, 7) is 3.41. The van der Waals surface area contributed by atoms with Crippen molar-refractivity contribution in [1.29, 1.82) is 0 Å². The Balaban J connectivity index is 2.48. The molecule has 0 saturated heterocycles. The molecule has 0 heterocycles. The van der Waals surface area contributed by atoms with Crippen molar-refractivity contribution < 1.29 is 9.90 Å². The Morgan fingerprint density at radius 3 is 2.50 bits per heavy atom. The molecular weight excluding hydrogens is 204 g/mol. The Kier molecular flexibility index (Phi) is 4.04. The van der Waals surface area contributed by atoms with Gasteiger partial charge in [0.15, 0.2) is 0 Å². The van der Waals surface area contributed by atoms with E-state index in [9.17, 15) is 9.90 Å². The van der Waals surface area contributed by atoms with Gasteiger partial charge in [0.2, 0.25) is 5.91 Å². The molecule has 1 atom stereocenters. The summed E-state index contributed by atoms with van der Waals surface area (Å²) in [4.78, 5) is 11.5. The minimum atomic E-state index is -0.920. The normalized spacial score (nSPS) is 13.2. The van der Waals surface area contributed by atoms with Crippen molar-refractivity contribution in [3.8, 4) is 0 Å². The topological polar surface area (TPSA) is 75.4 Å². The van der Waals surface area contributed by atoms with E-state index < -0.39 is 11.6 Å². The summed E-state index contributed by atoms with van der Waals surface area (Å²) >= 11 is 0. The van der Waals surface area contributed by atoms with Crippen LogP contribution in [0.4, 0.5) is 0 Å². The zero-order valence-electron chi connectivity index (χ0n) is 9.60. The lowest BCUT2D eigenvalue weighted by Gasteiger charge is -2.19. The van der Waals surface area contributed by atoms with Gasteiger partial charge in [-0.3, -0.25) is 4.79 Å². The van der Waals surface area contributed by atoms with Crippen molar-refractivity contribution in [2.24, 2.45) is 5.73 Å². The minimum absolute atomic E-state index is 0.170. The number of carbonyl (C=O) groups is 1. The molecule has 16 heavy (non-hydrogen) atoms. The predicted octanol–water partition coefficient (Wildman–Crippen LogP) is 0.573. The van der Waals surface area contributed by atoms with Gasteiger partial charge in [-0.15, -0.1) is 0 Å². The Bertz CT molecular complexity index is 344. The highest BCUT2D eigenvalue weighted by Crippen LogP contribution is 2.10. The number of amides is 1. The number of nitrogens with one attached hydrogen (secondary N) is 1. The molecule has 0 aliphatic rings. The molecule has 0 radical (unpaired) electrons. The van der Waals surface area contributed by atoms with Crippen LogP contribution >= 0.6 is 0 Å². The SMILES string of the molecule is CC(C)(N)C(=O)NCC(O)c1ccccc1. The fourth-order valence-corrected chi connectivity index (χ4v) is 1.21. The molecule has 1 aromatic carbocycles. The first-order chi connectivity index (χ1) is 7.41. The Hall–Kier alpha value is -1.39. The van der Waals surface area contributed by atoms with Crippen LogP contribution in [0, 0.1) is 0 Å². The predicted molar refractivity (Wildman–Crippen MR) is 62.7 cm³/mol. The molecule has 0 aromatic heterocycles. The first kappa shape index (κ1) is 12.7. The Morgan fingerprint density at radius 2 is 2.00 bits per heavy atom. The lowest BCUT2D eigenvalue weighted by atomic mass is 10.1. The van der Waals surface area contributed by atoms with Gasteiger partial charge in [0.1, 0.15) is 0 Å². The second-order valence-corrected chi connectivity index (χ2v) is 4.36. The van der Waals surface area contributed by atoms with Crippen LogP contribution in [0.15, 0.2) is 30.3 Å². The average molecular weight is 222 g/mol. The summed E-state index contributed by atoms with van der Waals surface area (Å²) < 4.78 is 0. The molecule has 0 spiro atoms. The summed E-state index contributed by atoms with van der Waals surface area (Å²) in [5, 5.41) is 12.4.